The zero-order valence-corrected chi connectivity index (χ0v) is 12.2. The summed E-state index contributed by atoms with van der Waals surface area (Å²) in [5, 5.41) is 12.6. The van der Waals surface area contributed by atoms with Crippen LogP contribution in [0.15, 0.2) is 55.0 Å². The van der Waals surface area contributed by atoms with Gasteiger partial charge in [-0.2, -0.15) is 5.26 Å². The molecule has 22 heavy (non-hydrogen) atoms. The number of nitrogens with zero attached hydrogens (tertiary/aromatic N) is 3. The zero-order chi connectivity index (χ0) is 15.4. The van der Waals surface area contributed by atoms with Crippen LogP contribution < -0.4 is 5.32 Å². The van der Waals surface area contributed by atoms with Crippen LogP contribution in [0.5, 0.6) is 0 Å². The molecule has 5 nitrogen and oxygen atoms in total. The van der Waals surface area contributed by atoms with E-state index in [4.69, 9.17) is 5.26 Å². The van der Waals surface area contributed by atoms with Gasteiger partial charge >= 0.3 is 0 Å². The fraction of sp³-hybridized carbons (Fsp3) is 0. The minimum absolute atomic E-state index is 0.107. The van der Waals surface area contributed by atoms with Gasteiger partial charge in [0.05, 0.1) is 22.7 Å². The second-order valence-corrected chi connectivity index (χ2v) is 5.45. The molecule has 3 rings (SSSR count). The van der Waals surface area contributed by atoms with Gasteiger partial charge in [0.15, 0.2) is 5.13 Å². The van der Waals surface area contributed by atoms with E-state index in [1.807, 2.05) is 6.07 Å². The van der Waals surface area contributed by atoms with E-state index >= 15 is 0 Å². The van der Waals surface area contributed by atoms with E-state index in [1.54, 1.807) is 36.5 Å². The quantitative estimate of drug-likeness (QED) is 0.747. The summed E-state index contributed by atoms with van der Waals surface area (Å²) in [6.45, 7) is 0. The lowest BCUT2D eigenvalue weighted by Gasteiger charge is -2.01. The maximum absolute atomic E-state index is 12.3. The van der Waals surface area contributed by atoms with E-state index in [9.17, 15) is 4.79 Å². The molecule has 3 aromatic rings. The summed E-state index contributed by atoms with van der Waals surface area (Å²) < 4.78 is 0. The molecule has 0 spiro atoms. The SMILES string of the molecule is N#Cc1cccc(Nc2ncc(C(=O)c3cccnc3)s2)c1. The number of nitriles is 1. The number of carbonyl (C=O) groups excluding carboxylic acids is 1. The number of pyridine rings is 1. The number of aromatic nitrogens is 2. The van der Waals surface area contributed by atoms with Crippen LogP contribution in [0.3, 0.4) is 0 Å². The van der Waals surface area contributed by atoms with Crippen molar-refractivity contribution in [3.63, 3.8) is 0 Å². The summed E-state index contributed by atoms with van der Waals surface area (Å²) in [5.41, 5.74) is 1.85. The second kappa shape index (κ2) is 6.16. The third-order valence-corrected chi connectivity index (χ3v) is 3.81. The molecule has 0 fully saturated rings. The normalized spacial score (nSPS) is 9.95. The van der Waals surface area contributed by atoms with E-state index in [-0.39, 0.29) is 5.78 Å². The van der Waals surface area contributed by atoms with E-state index in [0.717, 1.165) is 5.69 Å². The standard InChI is InChI=1S/C16H10N4OS/c17-8-11-3-1-5-13(7-11)20-16-19-10-14(22-16)15(21)12-4-2-6-18-9-12/h1-7,9-10H,(H,19,20). The highest BCUT2D eigenvalue weighted by atomic mass is 32.1. The van der Waals surface area contributed by atoms with Crippen molar-refractivity contribution < 1.29 is 4.79 Å². The van der Waals surface area contributed by atoms with Crippen molar-refractivity contribution in [1.29, 1.82) is 5.26 Å². The molecule has 6 heteroatoms. The monoisotopic (exact) mass is 306 g/mol. The van der Waals surface area contributed by atoms with Crippen LogP contribution >= 0.6 is 11.3 Å². The average molecular weight is 306 g/mol. The van der Waals surface area contributed by atoms with Gasteiger partial charge < -0.3 is 5.32 Å². The highest BCUT2D eigenvalue weighted by Crippen LogP contribution is 2.24. The van der Waals surface area contributed by atoms with Crippen molar-refractivity contribution in [3.8, 4) is 6.07 Å². The Morgan fingerprint density at radius 3 is 2.91 bits per heavy atom. The van der Waals surface area contributed by atoms with Gasteiger partial charge in [-0.3, -0.25) is 9.78 Å². The first kappa shape index (κ1) is 13.9. The lowest BCUT2D eigenvalue weighted by Crippen LogP contribution is -1.98. The topological polar surface area (TPSA) is 78.7 Å². The molecule has 0 atom stereocenters. The number of carbonyl (C=O) groups is 1. The Morgan fingerprint density at radius 1 is 1.23 bits per heavy atom. The van der Waals surface area contributed by atoms with Crippen molar-refractivity contribution in [2.75, 3.05) is 5.32 Å². The molecule has 0 saturated carbocycles. The van der Waals surface area contributed by atoms with E-state index < -0.39 is 0 Å². The molecule has 1 N–H and O–H groups in total. The van der Waals surface area contributed by atoms with Crippen LogP contribution in [0.2, 0.25) is 0 Å². The number of thiazole rings is 1. The molecule has 0 aliphatic carbocycles. The number of anilines is 2. The van der Waals surface area contributed by atoms with Gasteiger partial charge in [-0.15, -0.1) is 0 Å². The Hall–Kier alpha value is -3.04. The smallest absolute Gasteiger partial charge is 0.206 e. The number of rotatable bonds is 4. The lowest BCUT2D eigenvalue weighted by molar-refractivity contribution is 0.104. The molecule has 0 aliphatic rings. The highest BCUT2D eigenvalue weighted by Gasteiger charge is 2.13. The summed E-state index contributed by atoms with van der Waals surface area (Å²) in [6, 6.07) is 12.6. The molecule has 0 saturated heterocycles. The fourth-order valence-corrected chi connectivity index (χ4v) is 2.66. The molecule has 2 aromatic heterocycles. The van der Waals surface area contributed by atoms with Crippen molar-refractivity contribution in [1.82, 2.24) is 9.97 Å². The molecule has 1 aromatic carbocycles. The molecule has 0 radical (unpaired) electrons. The predicted molar refractivity (Wildman–Crippen MR) is 84.2 cm³/mol. The first-order valence-corrected chi connectivity index (χ1v) is 7.25. The molecule has 0 bridgehead atoms. The van der Waals surface area contributed by atoms with Crippen LogP contribution in [-0.2, 0) is 0 Å². The molecular weight excluding hydrogens is 296 g/mol. The number of ketones is 1. The minimum atomic E-state index is -0.107. The van der Waals surface area contributed by atoms with Gasteiger partial charge in [-0.25, -0.2) is 4.98 Å². The highest BCUT2D eigenvalue weighted by molar-refractivity contribution is 7.17. The first-order chi connectivity index (χ1) is 10.8. The molecule has 0 unspecified atom stereocenters. The number of hydrogen-bond donors (Lipinski definition) is 1. The van der Waals surface area contributed by atoms with Gasteiger partial charge in [-0.05, 0) is 30.3 Å². The minimum Gasteiger partial charge on any atom is -0.331 e. The first-order valence-electron chi connectivity index (χ1n) is 6.44. The number of nitrogens with one attached hydrogen (secondary N) is 1. The van der Waals surface area contributed by atoms with Gasteiger partial charge in [-0.1, -0.05) is 17.4 Å². The van der Waals surface area contributed by atoms with Crippen LogP contribution in [0.25, 0.3) is 0 Å². The van der Waals surface area contributed by atoms with Gasteiger partial charge in [0.25, 0.3) is 0 Å². The maximum Gasteiger partial charge on any atom is 0.206 e. The predicted octanol–water partition coefficient (Wildman–Crippen LogP) is 3.38. The second-order valence-electron chi connectivity index (χ2n) is 4.42. The van der Waals surface area contributed by atoms with Crippen LogP contribution in [0.1, 0.15) is 20.8 Å². The van der Waals surface area contributed by atoms with Gasteiger partial charge in [0.1, 0.15) is 0 Å². The largest absolute Gasteiger partial charge is 0.331 e. The average Bonchev–Trinajstić information content (AvgIpc) is 3.03. The molecule has 0 amide bonds. The molecule has 2 heterocycles. The summed E-state index contributed by atoms with van der Waals surface area (Å²) >= 11 is 1.26. The molecular formula is C16H10N4OS. The van der Waals surface area contributed by atoms with Crippen molar-refractivity contribution >= 4 is 27.9 Å². The Morgan fingerprint density at radius 2 is 2.14 bits per heavy atom. The Balaban J connectivity index is 1.79. The van der Waals surface area contributed by atoms with Gasteiger partial charge in [0.2, 0.25) is 5.78 Å². The number of benzene rings is 1. The van der Waals surface area contributed by atoms with Crippen LogP contribution in [0, 0.1) is 11.3 Å². The Kier molecular flexibility index (Phi) is 3.90. The van der Waals surface area contributed by atoms with E-state index in [1.165, 1.54) is 23.7 Å². The lowest BCUT2D eigenvalue weighted by atomic mass is 10.2. The van der Waals surface area contributed by atoms with Crippen molar-refractivity contribution in [2.45, 2.75) is 0 Å². The molecule has 0 aliphatic heterocycles. The summed E-state index contributed by atoms with van der Waals surface area (Å²) in [6.07, 6.45) is 4.70. The van der Waals surface area contributed by atoms with Crippen LogP contribution in [0.4, 0.5) is 10.8 Å². The van der Waals surface area contributed by atoms with Crippen molar-refractivity contribution in [2.24, 2.45) is 0 Å². The third-order valence-electron chi connectivity index (χ3n) is 2.90. The van der Waals surface area contributed by atoms with E-state index in [0.29, 0.717) is 21.1 Å². The maximum atomic E-state index is 12.3. The van der Waals surface area contributed by atoms with Crippen molar-refractivity contribution in [3.05, 3.63) is 71.0 Å². The third kappa shape index (κ3) is 3.00. The summed E-state index contributed by atoms with van der Waals surface area (Å²) in [4.78, 5) is 20.9. The van der Waals surface area contributed by atoms with Crippen LogP contribution in [-0.4, -0.2) is 15.8 Å². The zero-order valence-electron chi connectivity index (χ0n) is 11.4. The fourth-order valence-electron chi connectivity index (χ4n) is 1.87. The van der Waals surface area contributed by atoms with Gasteiger partial charge in [0, 0.05) is 23.6 Å². The van der Waals surface area contributed by atoms with E-state index in [2.05, 4.69) is 21.4 Å². The number of hydrogen-bond acceptors (Lipinski definition) is 6. The Bertz CT molecular complexity index is 852. The Labute approximate surface area is 130 Å². The molecule has 106 valence electrons. The summed E-state index contributed by atoms with van der Waals surface area (Å²) in [7, 11) is 0. The summed E-state index contributed by atoms with van der Waals surface area (Å²) in [5.74, 6) is -0.107.